The van der Waals surface area contributed by atoms with Gasteiger partial charge in [-0.15, -0.1) is 0 Å². The third kappa shape index (κ3) is 3.44. The van der Waals surface area contributed by atoms with Gasteiger partial charge in [0, 0.05) is 19.1 Å². The van der Waals surface area contributed by atoms with Crippen LogP contribution in [0.2, 0.25) is 0 Å². The van der Waals surface area contributed by atoms with Gasteiger partial charge in [-0.25, -0.2) is 0 Å². The molecule has 94 valence electrons. The van der Waals surface area contributed by atoms with Crippen LogP contribution in [0.25, 0.3) is 0 Å². The van der Waals surface area contributed by atoms with Crippen molar-refractivity contribution in [2.24, 2.45) is 5.73 Å². The van der Waals surface area contributed by atoms with Crippen LogP contribution in [0.15, 0.2) is 0 Å². The molecule has 1 saturated heterocycles. The minimum Gasteiger partial charge on any atom is -0.329 e. The van der Waals surface area contributed by atoms with Crippen LogP contribution in [0.1, 0.15) is 38.5 Å². The standard InChI is InChI=1S/C13H27N3/c14-7-12-16(13-5-3-6-13)11-4-10-15-8-1-2-9-15/h13H,1-12,14H2. The van der Waals surface area contributed by atoms with Crippen LogP contribution < -0.4 is 5.73 Å². The van der Waals surface area contributed by atoms with Crippen LogP contribution in [-0.4, -0.2) is 55.1 Å². The summed E-state index contributed by atoms with van der Waals surface area (Å²) in [4.78, 5) is 5.24. The molecule has 0 amide bonds. The molecule has 1 saturated carbocycles. The first-order valence-corrected chi connectivity index (χ1v) is 7.06. The zero-order chi connectivity index (χ0) is 11.2. The van der Waals surface area contributed by atoms with Crippen LogP contribution in [-0.2, 0) is 0 Å². The van der Waals surface area contributed by atoms with Gasteiger partial charge in [0.25, 0.3) is 0 Å². The molecule has 2 fully saturated rings. The van der Waals surface area contributed by atoms with E-state index in [0.29, 0.717) is 0 Å². The summed E-state index contributed by atoms with van der Waals surface area (Å²) in [6.07, 6.45) is 8.39. The molecule has 16 heavy (non-hydrogen) atoms. The Bertz CT molecular complexity index is 186. The van der Waals surface area contributed by atoms with Gasteiger partial charge in [-0.05, 0) is 58.3 Å². The normalized spacial score (nSPS) is 22.9. The summed E-state index contributed by atoms with van der Waals surface area (Å²) in [6, 6.07) is 0.863. The highest BCUT2D eigenvalue weighted by Gasteiger charge is 2.24. The van der Waals surface area contributed by atoms with Gasteiger partial charge in [0.1, 0.15) is 0 Å². The van der Waals surface area contributed by atoms with Gasteiger partial charge in [-0.2, -0.15) is 0 Å². The first-order chi connectivity index (χ1) is 7.90. The number of hydrogen-bond acceptors (Lipinski definition) is 3. The zero-order valence-electron chi connectivity index (χ0n) is 10.5. The predicted molar refractivity (Wildman–Crippen MR) is 68.6 cm³/mol. The zero-order valence-corrected chi connectivity index (χ0v) is 10.5. The largest absolute Gasteiger partial charge is 0.329 e. The molecule has 3 nitrogen and oxygen atoms in total. The second kappa shape index (κ2) is 6.58. The molecule has 0 radical (unpaired) electrons. The fourth-order valence-corrected chi connectivity index (χ4v) is 2.90. The van der Waals surface area contributed by atoms with Crippen molar-refractivity contribution in [1.82, 2.24) is 9.80 Å². The van der Waals surface area contributed by atoms with E-state index in [4.69, 9.17) is 5.73 Å². The van der Waals surface area contributed by atoms with Crippen molar-refractivity contribution in [3.8, 4) is 0 Å². The maximum atomic E-state index is 5.69. The SMILES string of the molecule is NCCN(CCCN1CCCC1)C1CCC1. The van der Waals surface area contributed by atoms with Crippen molar-refractivity contribution < 1.29 is 0 Å². The minimum absolute atomic E-state index is 0.820. The Morgan fingerprint density at radius 2 is 1.81 bits per heavy atom. The van der Waals surface area contributed by atoms with E-state index in [0.717, 1.165) is 19.1 Å². The van der Waals surface area contributed by atoms with Crippen molar-refractivity contribution >= 4 is 0 Å². The molecular weight excluding hydrogens is 198 g/mol. The van der Waals surface area contributed by atoms with Gasteiger partial charge in [0.15, 0.2) is 0 Å². The summed E-state index contributed by atoms with van der Waals surface area (Å²) in [7, 11) is 0. The average molecular weight is 225 g/mol. The highest BCUT2D eigenvalue weighted by atomic mass is 15.2. The number of nitrogens with two attached hydrogens (primary N) is 1. The molecule has 0 aromatic carbocycles. The monoisotopic (exact) mass is 225 g/mol. The smallest absolute Gasteiger partial charge is 0.0108 e. The molecule has 0 bridgehead atoms. The van der Waals surface area contributed by atoms with Crippen LogP contribution in [0, 0.1) is 0 Å². The highest BCUT2D eigenvalue weighted by molar-refractivity contribution is 4.80. The van der Waals surface area contributed by atoms with Gasteiger partial charge in [0.2, 0.25) is 0 Å². The van der Waals surface area contributed by atoms with Crippen LogP contribution in [0.4, 0.5) is 0 Å². The molecule has 0 aromatic rings. The summed E-state index contributed by atoms with van der Waals surface area (Å²) < 4.78 is 0. The van der Waals surface area contributed by atoms with Crippen LogP contribution in [0.3, 0.4) is 0 Å². The number of rotatable bonds is 7. The number of likely N-dealkylation sites (tertiary alicyclic amines) is 1. The van der Waals surface area contributed by atoms with Crippen molar-refractivity contribution in [3.63, 3.8) is 0 Å². The molecule has 0 atom stereocenters. The van der Waals surface area contributed by atoms with Crippen LogP contribution >= 0.6 is 0 Å². The van der Waals surface area contributed by atoms with Crippen molar-refractivity contribution in [2.75, 3.05) is 39.3 Å². The molecule has 0 aromatic heterocycles. The van der Waals surface area contributed by atoms with Crippen molar-refractivity contribution in [1.29, 1.82) is 0 Å². The summed E-state index contributed by atoms with van der Waals surface area (Å²) in [5.74, 6) is 0. The van der Waals surface area contributed by atoms with E-state index in [1.165, 1.54) is 64.7 Å². The second-order valence-corrected chi connectivity index (χ2v) is 5.31. The van der Waals surface area contributed by atoms with Crippen molar-refractivity contribution in [3.05, 3.63) is 0 Å². The number of hydrogen-bond donors (Lipinski definition) is 1. The average Bonchev–Trinajstić information content (AvgIpc) is 2.68. The summed E-state index contributed by atoms with van der Waals surface area (Å²) >= 11 is 0. The van der Waals surface area contributed by atoms with E-state index in [9.17, 15) is 0 Å². The molecule has 1 heterocycles. The fourth-order valence-electron chi connectivity index (χ4n) is 2.90. The van der Waals surface area contributed by atoms with Gasteiger partial charge in [-0.1, -0.05) is 6.42 Å². The Morgan fingerprint density at radius 1 is 1.06 bits per heavy atom. The highest BCUT2D eigenvalue weighted by Crippen LogP contribution is 2.24. The number of nitrogens with zero attached hydrogens (tertiary/aromatic N) is 2. The van der Waals surface area contributed by atoms with E-state index in [2.05, 4.69) is 9.80 Å². The topological polar surface area (TPSA) is 32.5 Å². The molecule has 1 aliphatic heterocycles. The summed E-state index contributed by atoms with van der Waals surface area (Å²) in [5, 5.41) is 0. The molecule has 2 aliphatic rings. The summed E-state index contributed by atoms with van der Waals surface area (Å²) in [5.41, 5.74) is 5.69. The third-order valence-electron chi connectivity index (χ3n) is 4.13. The van der Waals surface area contributed by atoms with Gasteiger partial charge in [0.05, 0.1) is 0 Å². The molecule has 2 rings (SSSR count). The Kier molecular flexibility index (Phi) is 5.07. The van der Waals surface area contributed by atoms with E-state index >= 15 is 0 Å². The predicted octanol–water partition coefficient (Wildman–Crippen LogP) is 1.29. The Labute approximate surface area is 100.0 Å². The first-order valence-electron chi connectivity index (χ1n) is 7.06. The molecule has 1 aliphatic carbocycles. The quantitative estimate of drug-likeness (QED) is 0.708. The molecule has 0 spiro atoms. The van der Waals surface area contributed by atoms with Crippen molar-refractivity contribution in [2.45, 2.75) is 44.6 Å². The Hall–Kier alpha value is -0.120. The fraction of sp³-hybridized carbons (Fsp3) is 1.00. The molecular formula is C13H27N3. The second-order valence-electron chi connectivity index (χ2n) is 5.31. The van der Waals surface area contributed by atoms with Gasteiger partial charge in [-0.3, -0.25) is 4.90 Å². The molecule has 0 unspecified atom stereocenters. The lowest BCUT2D eigenvalue weighted by Crippen LogP contribution is -2.44. The maximum absolute atomic E-state index is 5.69. The first kappa shape index (κ1) is 12.3. The third-order valence-corrected chi connectivity index (χ3v) is 4.13. The lowest BCUT2D eigenvalue weighted by molar-refractivity contribution is 0.125. The lowest BCUT2D eigenvalue weighted by Gasteiger charge is -2.37. The summed E-state index contributed by atoms with van der Waals surface area (Å²) in [6.45, 7) is 7.15. The Morgan fingerprint density at radius 3 is 2.38 bits per heavy atom. The molecule has 2 N–H and O–H groups in total. The maximum Gasteiger partial charge on any atom is 0.0108 e. The van der Waals surface area contributed by atoms with E-state index in [-0.39, 0.29) is 0 Å². The van der Waals surface area contributed by atoms with E-state index in [1.807, 2.05) is 0 Å². The minimum atomic E-state index is 0.820. The lowest BCUT2D eigenvalue weighted by atomic mass is 9.91. The molecule has 3 heteroatoms. The Balaban J connectivity index is 1.60. The van der Waals surface area contributed by atoms with Gasteiger partial charge >= 0.3 is 0 Å². The van der Waals surface area contributed by atoms with E-state index in [1.54, 1.807) is 0 Å². The van der Waals surface area contributed by atoms with Gasteiger partial charge < -0.3 is 10.6 Å². The van der Waals surface area contributed by atoms with Crippen LogP contribution in [0.5, 0.6) is 0 Å². The van der Waals surface area contributed by atoms with E-state index < -0.39 is 0 Å².